The van der Waals surface area contributed by atoms with E-state index in [1.807, 2.05) is 41.5 Å². The highest BCUT2D eigenvalue weighted by Gasteiger charge is 2.71. The molecule has 13 nitrogen and oxygen atoms in total. The van der Waals surface area contributed by atoms with E-state index >= 15 is 0 Å². The lowest BCUT2D eigenvalue weighted by Gasteiger charge is -2.40. The lowest BCUT2D eigenvalue weighted by atomic mass is 9.80. The molecule has 2 heterocycles. The molecule has 3 aliphatic carbocycles. The quantitative estimate of drug-likeness (QED) is 0.129. The molecular weight excluding hydrogens is 652 g/mol. The van der Waals surface area contributed by atoms with Gasteiger partial charge in [0, 0.05) is 32.5 Å². The number of amides is 7. The van der Waals surface area contributed by atoms with Crippen LogP contribution in [0.2, 0.25) is 0 Å². The molecule has 51 heavy (non-hydrogen) atoms. The van der Waals surface area contributed by atoms with Gasteiger partial charge in [-0.1, -0.05) is 68.4 Å². The number of imide groups is 1. The van der Waals surface area contributed by atoms with Crippen LogP contribution in [0.25, 0.3) is 0 Å². The molecule has 0 bridgehead atoms. The van der Waals surface area contributed by atoms with Gasteiger partial charge in [0.25, 0.3) is 5.91 Å². The zero-order valence-electron chi connectivity index (χ0n) is 31.9. The largest absolute Gasteiger partial charge is 0.349 e. The number of likely N-dealkylation sites (tertiary alicyclic amines) is 2. The molecule has 5 aliphatic rings. The summed E-state index contributed by atoms with van der Waals surface area (Å²) in [5, 5.41) is 11.3. The summed E-state index contributed by atoms with van der Waals surface area (Å²) >= 11 is 0. The number of piperidine rings is 2. The number of Topliss-reactive ketones (excluding diaryl/α,β-unsaturated/α-hetero) is 1. The van der Waals surface area contributed by atoms with Crippen molar-refractivity contribution in [3.8, 4) is 0 Å². The van der Waals surface area contributed by atoms with Gasteiger partial charge >= 0.3 is 6.03 Å². The predicted molar refractivity (Wildman–Crippen MR) is 190 cm³/mol. The molecule has 3 saturated carbocycles. The summed E-state index contributed by atoms with van der Waals surface area (Å²) in [5.74, 6) is -2.79. The van der Waals surface area contributed by atoms with Gasteiger partial charge in [-0.05, 0) is 71.7 Å². The molecule has 282 valence electrons. The van der Waals surface area contributed by atoms with E-state index in [2.05, 4.69) is 41.7 Å². The smallest absolute Gasteiger partial charge is 0.315 e. The summed E-state index contributed by atoms with van der Waals surface area (Å²) in [5.41, 5.74) is -2.14. The second-order valence-corrected chi connectivity index (χ2v) is 18.4. The molecule has 7 amide bonds. The van der Waals surface area contributed by atoms with Crippen molar-refractivity contribution in [1.29, 1.82) is 0 Å². The second-order valence-electron chi connectivity index (χ2n) is 18.4. The molecule has 2 saturated heterocycles. The third kappa shape index (κ3) is 7.72. The van der Waals surface area contributed by atoms with Gasteiger partial charge in [-0.25, -0.2) is 4.79 Å². The van der Waals surface area contributed by atoms with Crippen LogP contribution in [-0.4, -0.2) is 94.4 Å². The van der Waals surface area contributed by atoms with Crippen molar-refractivity contribution in [2.45, 2.75) is 125 Å². The highest BCUT2D eigenvalue weighted by Crippen LogP contribution is 2.65. The van der Waals surface area contributed by atoms with Gasteiger partial charge in [0.15, 0.2) is 0 Å². The van der Waals surface area contributed by atoms with Crippen LogP contribution in [0, 0.1) is 39.9 Å². The van der Waals surface area contributed by atoms with Crippen LogP contribution in [0.5, 0.6) is 0 Å². The number of nitrogens with zero attached hydrogens (tertiary/aromatic N) is 2. The normalized spacial score (nSPS) is 30.1. The third-order valence-corrected chi connectivity index (χ3v) is 12.2. The summed E-state index contributed by atoms with van der Waals surface area (Å²) in [6.45, 7) is 21.8. The Morgan fingerprint density at radius 2 is 1.59 bits per heavy atom. The van der Waals surface area contributed by atoms with Crippen molar-refractivity contribution in [2.75, 3.05) is 19.6 Å². The SMILES string of the molecule is C=C(C)[C@H](NC(=O)N[C@H](CN1C(=O)CC(C)(C)CC1=O)C(C)(C)C)C(=O)N1C[C@H]2[C@@H]([C@H]1C(=O)N[C@@]1(C(=O)C(=O)NCC3CC3)C[C@H]1CC)C2(C)C. The van der Waals surface area contributed by atoms with Crippen LogP contribution in [0.15, 0.2) is 12.2 Å². The minimum Gasteiger partial charge on any atom is -0.349 e. The second kappa shape index (κ2) is 13.3. The first kappa shape index (κ1) is 38.5. The Hall–Kier alpha value is -3.77. The summed E-state index contributed by atoms with van der Waals surface area (Å²) in [6, 6.07) is -3.38. The van der Waals surface area contributed by atoms with Crippen molar-refractivity contribution in [3.63, 3.8) is 0 Å². The van der Waals surface area contributed by atoms with E-state index < -0.39 is 64.0 Å². The lowest BCUT2D eigenvalue weighted by molar-refractivity contribution is -0.153. The molecule has 13 heteroatoms. The number of carbonyl (C=O) groups is 7. The summed E-state index contributed by atoms with van der Waals surface area (Å²) in [7, 11) is 0. The molecule has 2 aliphatic heterocycles. The molecule has 0 aromatic heterocycles. The Morgan fingerprint density at radius 3 is 2.10 bits per heavy atom. The Balaban J connectivity index is 1.29. The van der Waals surface area contributed by atoms with Crippen molar-refractivity contribution in [1.82, 2.24) is 31.1 Å². The number of nitrogens with one attached hydrogen (secondary N) is 4. The highest BCUT2D eigenvalue weighted by atomic mass is 16.2. The summed E-state index contributed by atoms with van der Waals surface area (Å²) in [6.07, 6.45) is 3.46. The van der Waals surface area contributed by atoms with Gasteiger partial charge in [0.2, 0.25) is 29.4 Å². The zero-order chi connectivity index (χ0) is 38.0. The van der Waals surface area contributed by atoms with Crippen molar-refractivity contribution in [3.05, 3.63) is 12.2 Å². The number of hydrogen-bond acceptors (Lipinski definition) is 7. The standard InChI is InChI=1S/C38H58N6O7/c1-11-22-14-38(22,30(47)32(49)39-17-21-12-13-21)42-31(48)29-27-23(37(27,9)10)18-44(29)33(50)28(20(2)3)41-34(51)40-24(35(4,5)6)19-43-25(45)15-36(7,8)16-26(43)46/h21-24,27-29H,2,11-19H2,1,3-10H3,(H,39,49)(H,42,48)(H2,40,41,51)/t22-,23+,24-,27+,28+,29+,38+/m1/s1. The lowest BCUT2D eigenvalue weighted by Crippen LogP contribution is -2.61. The van der Waals surface area contributed by atoms with Crippen LogP contribution in [0.4, 0.5) is 4.79 Å². The van der Waals surface area contributed by atoms with Gasteiger partial charge in [0.1, 0.15) is 17.6 Å². The fourth-order valence-electron chi connectivity index (χ4n) is 8.29. The number of fused-ring (bicyclic) bond motifs is 1. The fourth-order valence-corrected chi connectivity index (χ4v) is 8.29. The van der Waals surface area contributed by atoms with E-state index in [1.165, 1.54) is 9.80 Å². The van der Waals surface area contributed by atoms with Gasteiger partial charge in [-0.15, -0.1) is 0 Å². The number of rotatable bonds is 13. The van der Waals surface area contributed by atoms with Crippen LogP contribution in [0.3, 0.4) is 0 Å². The average Bonchev–Trinajstić information content (AvgIpc) is 3.97. The molecule has 0 aromatic rings. The molecule has 5 rings (SSSR count). The first-order valence-corrected chi connectivity index (χ1v) is 18.5. The molecule has 4 N–H and O–H groups in total. The molecule has 5 fully saturated rings. The van der Waals surface area contributed by atoms with E-state index in [1.54, 1.807) is 6.92 Å². The third-order valence-electron chi connectivity index (χ3n) is 12.2. The average molecular weight is 711 g/mol. The maximum absolute atomic E-state index is 14.3. The molecule has 0 aromatic carbocycles. The Bertz CT molecular complexity index is 1510. The van der Waals surface area contributed by atoms with Crippen molar-refractivity contribution >= 4 is 41.4 Å². The molecule has 0 unspecified atom stereocenters. The highest BCUT2D eigenvalue weighted by molar-refractivity contribution is 6.41. The van der Waals surface area contributed by atoms with Crippen LogP contribution < -0.4 is 21.3 Å². The van der Waals surface area contributed by atoms with E-state index in [-0.39, 0.29) is 54.4 Å². The monoisotopic (exact) mass is 710 g/mol. The zero-order valence-corrected chi connectivity index (χ0v) is 31.9. The minimum atomic E-state index is -1.30. The Morgan fingerprint density at radius 1 is 0.980 bits per heavy atom. The number of urea groups is 1. The van der Waals surface area contributed by atoms with E-state index in [9.17, 15) is 33.6 Å². The topological polar surface area (TPSA) is 174 Å². The van der Waals surface area contributed by atoms with Gasteiger partial charge < -0.3 is 26.2 Å². The van der Waals surface area contributed by atoms with Gasteiger partial charge in [0.05, 0.1) is 6.04 Å². The number of ketones is 1. The van der Waals surface area contributed by atoms with Crippen molar-refractivity contribution in [2.24, 2.45) is 39.9 Å². The van der Waals surface area contributed by atoms with Crippen LogP contribution >= 0.6 is 0 Å². The fraction of sp³-hybridized carbons (Fsp3) is 0.763. The Kier molecular flexibility index (Phi) is 10.1. The molecule has 0 spiro atoms. The summed E-state index contributed by atoms with van der Waals surface area (Å²) < 4.78 is 0. The van der Waals surface area contributed by atoms with E-state index in [0.717, 1.165) is 12.8 Å². The Labute approximate surface area is 301 Å². The maximum atomic E-state index is 14.3. The van der Waals surface area contributed by atoms with Gasteiger partial charge in [-0.3, -0.25) is 33.7 Å². The molecular formula is C38H58N6O7. The maximum Gasteiger partial charge on any atom is 0.315 e. The predicted octanol–water partition coefficient (Wildman–Crippen LogP) is 2.68. The van der Waals surface area contributed by atoms with Crippen LogP contribution in [0.1, 0.15) is 101 Å². The van der Waals surface area contributed by atoms with Gasteiger partial charge in [-0.2, -0.15) is 0 Å². The number of hydrogen-bond donors (Lipinski definition) is 4. The minimum absolute atomic E-state index is 0.0129. The first-order valence-electron chi connectivity index (χ1n) is 18.5. The van der Waals surface area contributed by atoms with Crippen molar-refractivity contribution < 1.29 is 33.6 Å². The summed E-state index contributed by atoms with van der Waals surface area (Å²) in [4.78, 5) is 96.9. The number of carbonyl (C=O) groups excluding carboxylic acids is 7. The first-order chi connectivity index (χ1) is 23.5. The van der Waals surface area contributed by atoms with Crippen LogP contribution in [-0.2, 0) is 28.8 Å². The van der Waals surface area contributed by atoms with E-state index in [4.69, 9.17) is 0 Å². The molecule has 7 atom stereocenters. The van der Waals surface area contributed by atoms with E-state index in [0.29, 0.717) is 37.4 Å². The molecule has 0 radical (unpaired) electrons.